The summed E-state index contributed by atoms with van der Waals surface area (Å²) in [5, 5.41) is 3.63. The molecule has 0 aliphatic heterocycles. The van der Waals surface area contributed by atoms with Crippen LogP contribution >= 0.6 is 0 Å². The monoisotopic (exact) mass is 320 g/mol. The second kappa shape index (κ2) is 8.24. The molecule has 2 aromatic carbocycles. The highest BCUT2D eigenvalue weighted by Crippen LogP contribution is 2.12. The maximum atomic E-state index is 13.8. The minimum absolute atomic E-state index is 0.0155. The van der Waals surface area contributed by atoms with Crippen molar-refractivity contribution in [2.24, 2.45) is 0 Å². The van der Waals surface area contributed by atoms with Crippen LogP contribution < -0.4 is 5.32 Å². The van der Waals surface area contributed by atoms with Crippen LogP contribution in [0.3, 0.4) is 0 Å². The van der Waals surface area contributed by atoms with Crippen LogP contribution in [0, 0.1) is 5.82 Å². The van der Waals surface area contributed by atoms with Crippen molar-refractivity contribution in [3.8, 4) is 0 Å². The number of rotatable bonds is 7. The molecule has 1 N–H and O–H groups in total. The molecule has 0 radical (unpaired) electrons. The molecule has 2 aromatic rings. The van der Waals surface area contributed by atoms with Crippen LogP contribution in [0.2, 0.25) is 0 Å². The summed E-state index contributed by atoms with van der Waals surface area (Å²) in [5.74, 6) is -0.805. The second-order valence-electron chi connectivity index (χ2n) is 4.97. The van der Waals surface area contributed by atoms with Gasteiger partial charge in [0.2, 0.25) is 0 Å². The van der Waals surface area contributed by atoms with Gasteiger partial charge in [-0.15, -0.1) is 9.60 Å². The highest BCUT2D eigenvalue weighted by molar-refractivity contribution is 5.90. The standard InChI is InChI=1S/C17H18F2N2O2/c1-23-17(22)14-5-3-7-16(11-14)20-8-9-21(19)12-13-4-2-6-15(18)10-13/h2-7,10-11,20H,8-9,12H2,1H3. The predicted octanol–water partition coefficient (Wildman–Crippen LogP) is 3.41. The van der Waals surface area contributed by atoms with Crippen LogP contribution in [0.1, 0.15) is 15.9 Å². The summed E-state index contributed by atoms with van der Waals surface area (Å²) in [4.78, 5) is 11.4. The summed E-state index contributed by atoms with van der Waals surface area (Å²) in [6.45, 7) is 0.483. The van der Waals surface area contributed by atoms with Crippen LogP contribution in [-0.2, 0) is 11.3 Å². The summed E-state index contributed by atoms with van der Waals surface area (Å²) >= 11 is 0. The Morgan fingerprint density at radius 1 is 1.22 bits per heavy atom. The van der Waals surface area contributed by atoms with E-state index in [1.54, 1.807) is 36.4 Å². The van der Waals surface area contributed by atoms with E-state index >= 15 is 0 Å². The van der Waals surface area contributed by atoms with Gasteiger partial charge < -0.3 is 10.1 Å². The van der Waals surface area contributed by atoms with Crippen LogP contribution in [0.4, 0.5) is 14.6 Å². The highest BCUT2D eigenvalue weighted by Gasteiger charge is 2.07. The number of esters is 1. The molecular formula is C17H18F2N2O2. The van der Waals surface area contributed by atoms with Gasteiger partial charge in [-0.2, -0.15) is 0 Å². The van der Waals surface area contributed by atoms with Crippen LogP contribution in [0.15, 0.2) is 48.5 Å². The molecule has 0 amide bonds. The zero-order valence-electron chi connectivity index (χ0n) is 12.8. The van der Waals surface area contributed by atoms with Crippen molar-refractivity contribution in [2.75, 3.05) is 25.5 Å². The summed E-state index contributed by atoms with van der Waals surface area (Å²) in [6, 6.07) is 12.6. The minimum Gasteiger partial charge on any atom is -0.465 e. The first kappa shape index (κ1) is 16.9. The maximum Gasteiger partial charge on any atom is 0.337 e. The smallest absolute Gasteiger partial charge is 0.337 e. The summed E-state index contributed by atoms with van der Waals surface area (Å²) in [7, 11) is 1.32. The SMILES string of the molecule is COC(=O)c1cccc(NCCN(F)Cc2cccc(F)c2)c1. The van der Waals surface area contributed by atoms with E-state index in [4.69, 9.17) is 0 Å². The molecule has 23 heavy (non-hydrogen) atoms. The Bertz CT molecular complexity index is 665. The van der Waals surface area contributed by atoms with E-state index in [0.29, 0.717) is 28.5 Å². The van der Waals surface area contributed by atoms with Gasteiger partial charge in [0.1, 0.15) is 5.82 Å². The van der Waals surface area contributed by atoms with Crippen LogP contribution in [0.5, 0.6) is 0 Å². The van der Waals surface area contributed by atoms with E-state index in [2.05, 4.69) is 10.1 Å². The van der Waals surface area contributed by atoms with Gasteiger partial charge in [0.25, 0.3) is 0 Å². The Morgan fingerprint density at radius 2 is 2.00 bits per heavy atom. The fourth-order valence-electron chi connectivity index (χ4n) is 2.11. The lowest BCUT2D eigenvalue weighted by molar-refractivity contribution is 0.0208. The Kier molecular flexibility index (Phi) is 6.05. The number of benzene rings is 2. The number of ether oxygens (including phenoxy) is 1. The predicted molar refractivity (Wildman–Crippen MR) is 84.2 cm³/mol. The van der Waals surface area contributed by atoms with Crippen molar-refractivity contribution in [1.82, 2.24) is 5.12 Å². The number of nitrogens with zero attached hydrogens (tertiary/aromatic N) is 1. The normalized spacial score (nSPS) is 10.6. The number of halogens is 2. The lowest BCUT2D eigenvalue weighted by Gasteiger charge is -2.13. The quantitative estimate of drug-likeness (QED) is 0.627. The average molecular weight is 320 g/mol. The first-order valence-electron chi connectivity index (χ1n) is 7.16. The summed E-state index contributed by atoms with van der Waals surface area (Å²) < 4.78 is 31.5. The van der Waals surface area contributed by atoms with Gasteiger partial charge in [-0.25, -0.2) is 9.18 Å². The van der Waals surface area contributed by atoms with E-state index in [1.165, 1.54) is 19.2 Å². The Balaban J connectivity index is 1.81. The Morgan fingerprint density at radius 3 is 2.74 bits per heavy atom. The molecule has 0 aliphatic rings. The molecule has 0 aromatic heterocycles. The van der Waals surface area contributed by atoms with Gasteiger partial charge in [0.15, 0.2) is 0 Å². The van der Waals surface area contributed by atoms with E-state index in [9.17, 15) is 13.7 Å². The fraction of sp³-hybridized carbons (Fsp3) is 0.235. The van der Waals surface area contributed by atoms with Gasteiger partial charge in [0.05, 0.1) is 19.2 Å². The van der Waals surface area contributed by atoms with Crippen molar-refractivity contribution in [2.45, 2.75) is 6.54 Å². The topological polar surface area (TPSA) is 41.6 Å². The van der Waals surface area contributed by atoms with Crippen molar-refractivity contribution in [1.29, 1.82) is 0 Å². The lowest BCUT2D eigenvalue weighted by atomic mass is 10.2. The number of methoxy groups -OCH3 is 1. The molecule has 2 rings (SSSR count). The molecule has 122 valence electrons. The largest absolute Gasteiger partial charge is 0.465 e. The van der Waals surface area contributed by atoms with Crippen molar-refractivity contribution < 1.29 is 18.4 Å². The molecule has 0 atom stereocenters. The van der Waals surface area contributed by atoms with Gasteiger partial charge in [-0.05, 0) is 35.9 Å². The third-order valence-corrected chi connectivity index (χ3v) is 3.21. The van der Waals surface area contributed by atoms with Gasteiger partial charge >= 0.3 is 5.97 Å². The van der Waals surface area contributed by atoms with Crippen molar-refractivity contribution in [3.05, 3.63) is 65.5 Å². The molecule has 0 unspecified atom stereocenters. The Hall–Kier alpha value is -2.47. The second-order valence-corrected chi connectivity index (χ2v) is 4.97. The van der Waals surface area contributed by atoms with E-state index in [0.717, 1.165) is 0 Å². The van der Waals surface area contributed by atoms with Gasteiger partial charge in [-0.1, -0.05) is 18.2 Å². The zero-order valence-corrected chi connectivity index (χ0v) is 12.8. The molecule has 0 saturated carbocycles. The molecule has 0 bridgehead atoms. The number of carbonyl (C=O) groups excluding carboxylic acids is 1. The maximum absolute atomic E-state index is 13.8. The van der Waals surface area contributed by atoms with Gasteiger partial charge in [-0.3, -0.25) is 0 Å². The molecule has 0 fully saturated rings. The Labute approximate surface area is 133 Å². The third kappa shape index (κ3) is 5.34. The number of anilines is 1. The average Bonchev–Trinajstić information content (AvgIpc) is 2.54. The fourth-order valence-corrected chi connectivity index (χ4v) is 2.11. The highest BCUT2D eigenvalue weighted by atomic mass is 19.2. The van der Waals surface area contributed by atoms with Crippen molar-refractivity contribution >= 4 is 11.7 Å². The van der Waals surface area contributed by atoms with Crippen LogP contribution in [0.25, 0.3) is 0 Å². The van der Waals surface area contributed by atoms with E-state index < -0.39 is 5.97 Å². The molecule has 0 spiro atoms. The molecule has 0 aliphatic carbocycles. The van der Waals surface area contributed by atoms with E-state index in [1.807, 2.05) is 0 Å². The first-order chi connectivity index (χ1) is 11.1. The molecule has 4 nitrogen and oxygen atoms in total. The minimum atomic E-state index is -0.424. The lowest BCUT2D eigenvalue weighted by Crippen LogP contribution is -2.21. The van der Waals surface area contributed by atoms with Crippen molar-refractivity contribution in [3.63, 3.8) is 0 Å². The number of carbonyl (C=O) groups is 1. The van der Waals surface area contributed by atoms with E-state index in [-0.39, 0.29) is 18.9 Å². The molecular weight excluding hydrogens is 302 g/mol. The number of nitrogens with one attached hydrogen (secondary N) is 1. The summed E-state index contributed by atoms with van der Waals surface area (Å²) in [6.07, 6.45) is 0. The molecule has 0 saturated heterocycles. The molecule has 0 heterocycles. The molecule has 6 heteroatoms. The summed E-state index contributed by atoms with van der Waals surface area (Å²) in [5.41, 5.74) is 1.70. The number of hydrogen-bond donors (Lipinski definition) is 1. The van der Waals surface area contributed by atoms with Crippen LogP contribution in [-0.4, -0.2) is 31.3 Å². The van der Waals surface area contributed by atoms with Gasteiger partial charge in [0, 0.05) is 18.8 Å². The number of hydrogen-bond acceptors (Lipinski definition) is 4. The third-order valence-electron chi connectivity index (χ3n) is 3.21. The zero-order chi connectivity index (χ0) is 16.7. The first-order valence-corrected chi connectivity index (χ1v) is 7.16.